The summed E-state index contributed by atoms with van der Waals surface area (Å²) < 4.78 is 0. The van der Waals surface area contributed by atoms with Crippen LogP contribution in [0.3, 0.4) is 0 Å². The van der Waals surface area contributed by atoms with E-state index < -0.39 is 0 Å². The molecule has 128 valence electrons. The standard InChI is InChI=1S/C17H20ClN3O.ClH.2H2/c18-14-4-1-12(2-5-14)7-8-19-17(22)10-13-3-6-15-16(9-13)21-11-20-15;;;/h1-2,4-5,11,13H,3,6-10H2,(H,19,22)(H,20,21);3*1H. The molecule has 0 radical (unpaired) electrons. The number of aromatic nitrogens is 2. The third-order valence-electron chi connectivity index (χ3n) is 4.21. The Morgan fingerprint density at radius 3 is 2.96 bits per heavy atom. The maximum atomic E-state index is 12.0. The van der Waals surface area contributed by atoms with E-state index in [1.807, 2.05) is 24.3 Å². The Balaban J connectivity index is 0.00000192. The summed E-state index contributed by atoms with van der Waals surface area (Å²) in [6, 6.07) is 7.75. The molecule has 2 aromatic rings. The highest BCUT2D eigenvalue weighted by atomic mass is 35.5. The molecule has 0 saturated heterocycles. The molecule has 1 aliphatic carbocycles. The van der Waals surface area contributed by atoms with Crippen LogP contribution in [-0.2, 0) is 24.1 Å². The zero-order valence-electron chi connectivity index (χ0n) is 12.8. The predicted molar refractivity (Wildman–Crippen MR) is 98.4 cm³/mol. The van der Waals surface area contributed by atoms with Crippen molar-refractivity contribution in [3.8, 4) is 0 Å². The summed E-state index contributed by atoms with van der Waals surface area (Å²) in [7, 11) is 0. The van der Waals surface area contributed by atoms with Crippen LogP contribution < -0.4 is 5.32 Å². The van der Waals surface area contributed by atoms with E-state index in [2.05, 4.69) is 15.3 Å². The lowest BCUT2D eigenvalue weighted by molar-refractivity contribution is -0.122. The van der Waals surface area contributed by atoms with E-state index in [1.54, 1.807) is 6.33 Å². The topological polar surface area (TPSA) is 57.8 Å². The first-order chi connectivity index (χ1) is 10.7. The summed E-state index contributed by atoms with van der Waals surface area (Å²) in [6.45, 7) is 0.669. The molecule has 1 aromatic heterocycles. The molecular weight excluding hydrogens is 333 g/mol. The van der Waals surface area contributed by atoms with Gasteiger partial charge in [-0.15, -0.1) is 12.4 Å². The Labute approximate surface area is 150 Å². The number of hydrogen-bond donors (Lipinski definition) is 2. The minimum atomic E-state index is 0. The third kappa shape index (κ3) is 4.98. The van der Waals surface area contributed by atoms with Crippen LogP contribution in [0.15, 0.2) is 30.6 Å². The van der Waals surface area contributed by atoms with Crippen molar-refractivity contribution in [1.82, 2.24) is 15.3 Å². The second kappa shape index (κ2) is 8.37. The maximum Gasteiger partial charge on any atom is 0.220 e. The molecular formula is C17H25Cl2N3O. The Morgan fingerprint density at radius 2 is 2.17 bits per heavy atom. The van der Waals surface area contributed by atoms with Gasteiger partial charge in [0.15, 0.2) is 0 Å². The minimum absolute atomic E-state index is 0. The SMILES string of the molecule is Cl.O=C(CC1CCc2nc[nH]c2C1)NCCc1ccc(Cl)cc1.[HH].[HH]. The van der Waals surface area contributed by atoms with Crippen LogP contribution >= 0.6 is 24.0 Å². The summed E-state index contributed by atoms with van der Waals surface area (Å²) in [5.41, 5.74) is 3.55. The Hall–Kier alpha value is -1.52. The van der Waals surface area contributed by atoms with Crippen molar-refractivity contribution in [3.05, 3.63) is 52.6 Å². The monoisotopic (exact) mass is 357 g/mol. The molecule has 0 aliphatic heterocycles. The lowest BCUT2D eigenvalue weighted by Crippen LogP contribution is -2.29. The summed E-state index contributed by atoms with van der Waals surface area (Å²) in [4.78, 5) is 19.5. The van der Waals surface area contributed by atoms with Crippen molar-refractivity contribution >= 4 is 29.9 Å². The smallest absolute Gasteiger partial charge is 0.220 e. The summed E-state index contributed by atoms with van der Waals surface area (Å²) in [5.74, 6) is 0.561. The lowest BCUT2D eigenvalue weighted by Gasteiger charge is -2.20. The van der Waals surface area contributed by atoms with Crippen molar-refractivity contribution in [2.45, 2.75) is 32.1 Å². The van der Waals surface area contributed by atoms with Gasteiger partial charge >= 0.3 is 0 Å². The highest BCUT2D eigenvalue weighted by Gasteiger charge is 2.22. The molecule has 1 heterocycles. The number of benzene rings is 1. The highest BCUT2D eigenvalue weighted by Crippen LogP contribution is 2.25. The van der Waals surface area contributed by atoms with Gasteiger partial charge in [-0.05, 0) is 49.3 Å². The molecule has 1 aromatic carbocycles. The summed E-state index contributed by atoms with van der Waals surface area (Å²) in [5, 5.41) is 3.75. The molecule has 1 atom stereocenters. The number of imidazole rings is 1. The minimum Gasteiger partial charge on any atom is -0.356 e. The average Bonchev–Trinajstić information content (AvgIpc) is 2.97. The third-order valence-corrected chi connectivity index (χ3v) is 4.46. The first-order valence-electron chi connectivity index (χ1n) is 7.73. The number of H-pyrrole nitrogens is 1. The zero-order chi connectivity index (χ0) is 15.4. The van der Waals surface area contributed by atoms with E-state index in [0.29, 0.717) is 18.9 Å². The normalized spacial score (nSPS) is 16.3. The van der Waals surface area contributed by atoms with Crippen LogP contribution in [0, 0.1) is 5.92 Å². The van der Waals surface area contributed by atoms with E-state index in [1.165, 1.54) is 17.0 Å². The summed E-state index contributed by atoms with van der Waals surface area (Å²) in [6.07, 6.45) is 6.13. The number of nitrogens with zero attached hydrogens (tertiary/aromatic N) is 1. The van der Waals surface area contributed by atoms with Gasteiger partial charge in [0.05, 0.1) is 12.0 Å². The van der Waals surface area contributed by atoms with Crippen molar-refractivity contribution < 1.29 is 7.65 Å². The molecule has 2 N–H and O–H groups in total. The van der Waals surface area contributed by atoms with Crippen molar-refractivity contribution in [1.29, 1.82) is 0 Å². The number of aromatic amines is 1. The van der Waals surface area contributed by atoms with Gasteiger partial charge in [-0.2, -0.15) is 0 Å². The molecule has 1 aliphatic rings. The van der Waals surface area contributed by atoms with Crippen LogP contribution in [-0.4, -0.2) is 22.4 Å². The molecule has 0 bridgehead atoms. The van der Waals surface area contributed by atoms with E-state index in [-0.39, 0.29) is 21.2 Å². The maximum absolute atomic E-state index is 12.0. The number of nitrogens with one attached hydrogen (secondary N) is 2. The Bertz CT molecular complexity index is 650. The molecule has 1 unspecified atom stereocenters. The second-order valence-corrected chi connectivity index (χ2v) is 6.30. The fourth-order valence-corrected chi connectivity index (χ4v) is 3.10. The van der Waals surface area contributed by atoms with Gasteiger partial charge in [0.2, 0.25) is 5.91 Å². The van der Waals surface area contributed by atoms with Crippen LogP contribution in [0.4, 0.5) is 0 Å². The number of hydrogen-bond acceptors (Lipinski definition) is 2. The van der Waals surface area contributed by atoms with Gasteiger partial charge in [0.25, 0.3) is 0 Å². The fourth-order valence-electron chi connectivity index (χ4n) is 2.98. The quantitative estimate of drug-likeness (QED) is 0.853. The van der Waals surface area contributed by atoms with E-state index >= 15 is 0 Å². The van der Waals surface area contributed by atoms with Gasteiger partial charge < -0.3 is 10.3 Å². The van der Waals surface area contributed by atoms with Crippen molar-refractivity contribution in [2.75, 3.05) is 6.54 Å². The number of carbonyl (C=O) groups is 1. The number of rotatable bonds is 5. The molecule has 3 rings (SSSR count). The number of aryl methyl sites for hydroxylation is 1. The first kappa shape index (κ1) is 17.8. The van der Waals surface area contributed by atoms with Crippen LogP contribution in [0.5, 0.6) is 0 Å². The fraction of sp³-hybridized carbons (Fsp3) is 0.412. The van der Waals surface area contributed by atoms with Crippen LogP contribution in [0.1, 0.15) is 32.6 Å². The van der Waals surface area contributed by atoms with Crippen molar-refractivity contribution in [3.63, 3.8) is 0 Å². The second-order valence-electron chi connectivity index (χ2n) is 5.87. The molecule has 0 spiro atoms. The van der Waals surface area contributed by atoms with Crippen LogP contribution in [0.25, 0.3) is 0 Å². The molecule has 0 saturated carbocycles. The number of fused-ring (bicyclic) bond motifs is 1. The first-order valence-corrected chi connectivity index (χ1v) is 8.11. The molecule has 4 nitrogen and oxygen atoms in total. The molecule has 1 amide bonds. The van der Waals surface area contributed by atoms with E-state index in [0.717, 1.165) is 30.7 Å². The van der Waals surface area contributed by atoms with E-state index in [9.17, 15) is 4.79 Å². The average molecular weight is 358 g/mol. The number of amides is 1. The zero-order valence-corrected chi connectivity index (χ0v) is 14.4. The Kier molecular flexibility index (Phi) is 6.48. The Morgan fingerprint density at radius 1 is 1.39 bits per heavy atom. The summed E-state index contributed by atoms with van der Waals surface area (Å²) >= 11 is 5.86. The number of halogens is 2. The highest BCUT2D eigenvalue weighted by molar-refractivity contribution is 6.30. The lowest BCUT2D eigenvalue weighted by atomic mass is 9.87. The largest absolute Gasteiger partial charge is 0.356 e. The molecule has 23 heavy (non-hydrogen) atoms. The van der Waals surface area contributed by atoms with Crippen LogP contribution in [0.2, 0.25) is 5.02 Å². The number of carbonyl (C=O) groups excluding carboxylic acids is 1. The van der Waals surface area contributed by atoms with E-state index in [4.69, 9.17) is 11.6 Å². The molecule has 0 fully saturated rings. The van der Waals surface area contributed by atoms with Gasteiger partial charge in [-0.3, -0.25) is 4.79 Å². The predicted octanol–water partition coefficient (Wildman–Crippen LogP) is 3.83. The van der Waals surface area contributed by atoms with Gasteiger partial charge in [-0.25, -0.2) is 4.98 Å². The van der Waals surface area contributed by atoms with Gasteiger partial charge in [-0.1, -0.05) is 23.7 Å². The van der Waals surface area contributed by atoms with Gasteiger partial charge in [0, 0.05) is 26.5 Å². The van der Waals surface area contributed by atoms with Gasteiger partial charge in [0.1, 0.15) is 0 Å². The molecule has 6 heteroatoms. The van der Waals surface area contributed by atoms with Crippen molar-refractivity contribution in [2.24, 2.45) is 5.92 Å².